The Labute approximate surface area is 98.4 Å². The van der Waals surface area contributed by atoms with Crippen molar-refractivity contribution in [3.63, 3.8) is 0 Å². The molecule has 2 aliphatic carbocycles. The van der Waals surface area contributed by atoms with Gasteiger partial charge in [0.1, 0.15) is 0 Å². The van der Waals surface area contributed by atoms with Gasteiger partial charge in [-0.25, -0.2) is 0 Å². The van der Waals surface area contributed by atoms with E-state index in [2.05, 4.69) is 32.8 Å². The van der Waals surface area contributed by atoms with Crippen molar-refractivity contribution in [2.45, 2.75) is 30.7 Å². The Balaban J connectivity index is 1.88. The minimum atomic E-state index is 0.201. The molecular weight excluding hydrogens is 214 g/mol. The minimum Gasteiger partial charge on any atom is -0.324 e. The van der Waals surface area contributed by atoms with Gasteiger partial charge in [0.25, 0.3) is 0 Å². The number of nitrogens with zero attached hydrogens (tertiary/aromatic N) is 3. The summed E-state index contributed by atoms with van der Waals surface area (Å²) in [7, 11) is 0. The van der Waals surface area contributed by atoms with Crippen LogP contribution in [0.1, 0.15) is 36.4 Å². The zero-order chi connectivity index (χ0) is 11.5. The molecule has 3 N–H and O–H groups in total. The van der Waals surface area contributed by atoms with Crippen molar-refractivity contribution in [3.8, 4) is 11.4 Å². The number of rotatable bonds is 1. The predicted octanol–water partition coefficient (Wildman–Crippen LogP) is 1.30. The van der Waals surface area contributed by atoms with Crippen molar-refractivity contribution < 1.29 is 0 Å². The van der Waals surface area contributed by atoms with Gasteiger partial charge in [0, 0.05) is 11.6 Å². The van der Waals surface area contributed by atoms with Crippen LogP contribution in [0, 0.1) is 0 Å². The lowest BCUT2D eigenvalue weighted by Crippen LogP contribution is -2.07. The molecule has 2 aliphatic rings. The van der Waals surface area contributed by atoms with Gasteiger partial charge in [-0.1, -0.05) is 12.1 Å². The van der Waals surface area contributed by atoms with Crippen LogP contribution >= 0.6 is 0 Å². The number of aromatic amines is 1. The van der Waals surface area contributed by atoms with Gasteiger partial charge in [-0.2, -0.15) is 5.21 Å². The van der Waals surface area contributed by atoms with E-state index in [4.69, 9.17) is 5.73 Å². The van der Waals surface area contributed by atoms with Crippen molar-refractivity contribution in [2.24, 2.45) is 5.73 Å². The van der Waals surface area contributed by atoms with Gasteiger partial charge in [-0.05, 0) is 47.1 Å². The lowest BCUT2D eigenvalue weighted by molar-refractivity contribution is 0.597. The number of tetrazole rings is 1. The molecule has 0 saturated heterocycles. The summed E-state index contributed by atoms with van der Waals surface area (Å²) in [6, 6.07) is 6.55. The molecule has 1 fully saturated rings. The van der Waals surface area contributed by atoms with Crippen LogP contribution in [0.25, 0.3) is 11.4 Å². The molecule has 1 saturated carbocycles. The highest BCUT2D eigenvalue weighted by atomic mass is 15.5. The van der Waals surface area contributed by atoms with Gasteiger partial charge in [0.05, 0.1) is 0 Å². The highest BCUT2D eigenvalue weighted by Crippen LogP contribution is 2.59. The number of fused-ring (bicyclic) bond motifs is 2. The Morgan fingerprint density at radius 3 is 2.94 bits per heavy atom. The SMILES string of the molecule is NC1CC2(CC2)c2cc(-c3nn[nH]n3)ccc21. The van der Waals surface area contributed by atoms with E-state index in [9.17, 15) is 0 Å². The molecule has 1 spiro atoms. The minimum absolute atomic E-state index is 0.201. The highest BCUT2D eigenvalue weighted by molar-refractivity contribution is 5.60. The molecule has 5 nitrogen and oxygen atoms in total. The summed E-state index contributed by atoms with van der Waals surface area (Å²) >= 11 is 0. The smallest absolute Gasteiger partial charge is 0.204 e. The van der Waals surface area contributed by atoms with Gasteiger partial charge in [-0.15, -0.1) is 10.2 Å². The summed E-state index contributed by atoms with van der Waals surface area (Å²) in [5.41, 5.74) is 10.3. The van der Waals surface area contributed by atoms with E-state index < -0.39 is 0 Å². The normalized spacial score (nSPS) is 23.9. The molecule has 1 aromatic heterocycles. The van der Waals surface area contributed by atoms with Crippen molar-refractivity contribution in [1.29, 1.82) is 0 Å². The summed E-state index contributed by atoms with van der Waals surface area (Å²) in [6.07, 6.45) is 3.63. The number of hydrogen-bond donors (Lipinski definition) is 2. The van der Waals surface area contributed by atoms with E-state index in [1.165, 1.54) is 24.0 Å². The Bertz CT molecular complexity index is 571. The fourth-order valence-electron chi connectivity index (χ4n) is 3.03. The topological polar surface area (TPSA) is 80.5 Å². The van der Waals surface area contributed by atoms with E-state index in [0.29, 0.717) is 11.2 Å². The molecule has 86 valence electrons. The van der Waals surface area contributed by atoms with Crippen LogP contribution in [-0.2, 0) is 5.41 Å². The fraction of sp³-hybridized carbons (Fsp3) is 0.417. The lowest BCUT2D eigenvalue weighted by atomic mass is 9.96. The van der Waals surface area contributed by atoms with E-state index in [1.54, 1.807) is 0 Å². The number of benzene rings is 1. The van der Waals surface area contributed by atoms with E-state index in [1.807, 2.05) is 6.07 Å². The second-order valence-corrected chi connectivity index (χ2v) is 5.13. The van der Waals surface area contributed by atoms with E-state index in [-0.39, 0.29) is 6.04 Å². The maximum atomic E-state index is 6.18. The Kier molecular flexibility index (Phi) is 1.60. The third-order valence-electron chi connectivity index (χ3n) is 4.09. The lowest BCUT2D eigenvalue weighted by Gasteiger charge is -2.08. The van der Waals surface area contributed by atoms with Gasteiger partial charge in [0.2, 0.25) is 5.82 Å². The Morgan fingerprint density at radius 1 is 1.35 bits per heavy atom. The summed E-state index contributed by atoms with van der Waals surface area (Å²) in [6.45, 7) is 0. The number of H-pyrrole nitrogens is 1. The Hall–Kier alpha value is -1.75. The predicted molar refractivity (Wildman–Crippen MR) is 62.1 cm³/mol. The first kappa shape index (κ1) is 9.30. The third-order valence-corrected chi connectivity index (χ3v) is 4.09. The van der Waals surface area contributed by atoms with Crippen LogP contribution in [-0.4, -0.2) is 20.6 Å². The van der Waals surface area contributed by atoms with Gasteiger partial charge in [0.15, 0.2) is 0 Å². The zero-order valence-electron chi connectivity index (χ0n) is 9.35. The quantitative estimate of drug-likeness (QED) is 0.769. The highest BCUT2D eigenvalue weighted by Gasteiger charge is 2.51. The van der Waals surface area contributed by atoms with Gasteiger partial charge in [-0.3, -0.25) is 0 Å². The van der Waals surface area contributed by atoms with Gasteiger partial charge < -0.3 is 5.73 Å². The molecule has 0 bridgehead atoms. The van der Waals surface area contributed by atoms with Crippen molar-refractivity contribution in [1.82, 2.24) is 20.6 Å². The fourth-order valence-corrected chi connectivity index (χ4v) is 3.03. The largest absolute Gasteiger partial charge is 0.324 e. The maximum absolute atomic E-state index is 6.18. The van der Waals surface area contributed by atoms with Gasteiger partial charge >= 0.3 is 0 Å². The summed E-state index contributed by atoms with van der Waals surface area (Å²) in [4.78, 5) is 0. The number of nitrogens with one attached hydrogen (secondary N) is 1. The number of nitrogens with two attached hydrogens (primary N) is 1. The first-order chi connectivity index (χ1) is 8.28. The van der Waals surface area contributed by atoms with Crippen LogP contribution in [0.15, 0.2) is 18.2 Å². The molecule has 0 radical (unpaired) electrons. The molecule has 1 aromatic carbocycles. The Morgan fingerprint density at radius 2 is 2.24 bits per heavy atom. The molecule has 0 aliphatic heterocycles. The van der Waals surface area contributed by atoms with Crippen molar-refractivity contribution >= 4 is 0 Å². The third kappa shape index (κ3) is 1.20. The van der Waals surface area contributed by atoms with Crippen LogP contribution in [0.4, 0.5) is 0 Å². The van der Waals surface area contributed by atoms with Crippen LogP contribution in [0.2, 0.25) is 0 Å². The first-order valence-corrected chi connectivity index (χ1v) is 5.92. The standard InChI is InChI=1S/C12H13N5/c13-10-6-12(3-4-12)9-5-7(1-2-8(9)10)11-14-16-17-15-11/h1-2,5,10H,3-4,6,13H2,(H,14,15,16,17). The average molecular weight is 227 g/mol. The van der Waals surface area contributed by atoms with Crippen LogP contribution in [0.5, 0.6) is 0 Å². The molecule has 5 heteroatoms. The molecule has 2 aromatic rings. The molecule has 1 atom stereocenters. The molecule has 1 unspecified atom stereocenters. The maximum Gasteiger partial charge on any atom is 0.204 e. The van der Waals surface area contributed by atoms with Crippen LogP contribution in [0.3, 0.4) is 0 Å². The zero-order valence-corrected chi connectivity index (χ0v) is 9.35. The molecule has 0 amide bonds. The summed E-state index contributed by atoms with van der Waals surface area (Å²) in [5, 5.41) is 14.1. The second kappa shape index (κ2) is 2.92. The van der Waals surface area contributed by atoms with E-state index >= 15 is 0 Å². The van der Waals surface area contributed by atoms with E-state index in [0.717, 1.165) is 12.0 Å². The number of hydrogen-bond acceptors (Lipinski definition) is 4. The van der Waals surface area contributed by atoms with Crippen LogP contribution < -0.4 is 5.73 Å². The molecule has 4 rings (SSSR count). The second-order valence-electron chi connectivity index (χ2n) is 5.13. The van der Waals surface area contributed by atoms with Crippen molar-refractivity contribution in [3.05, 3.63) is 29.3 Å². The molecular formula is C12H13N5. The average Bonchev–Trinajstić information content (AvgIpc) is 2.83. The first-order valence-electron chi connectivity index (χ1n) is 5.92. The number of aromatic nitrogens is 4. The van der Waals surface area contributed by atoms with Crippen molar-refractivity contribution in [2.75, 3.05) is 0 Å². The summed E-state index contributed by atoms with van der Waals surface area (Å²) < 4.78 is 0. The molecule has 1 heterocycles. The molecule has 17 heavy (non-hydrogen) atoms. The monoisotopic (exact) mass is 227 g/mol. The summed E-state index contributed by atoms with van der Waals surface area (Å²) in [5.74, 6) is 0.657.